The number of benzene rings is 1. The molecule has 1 unspecified atom stereocenters. The van der Waals surface area contributed by atoms with Gasteiger partial charge in [0, 0.05) is 11.7 Å². The molecule has 0 aliphatic rings. The van der Waals surface area contributed by atoms with E-state index in [2.05, 4.69) is 43.2 Å². The van der Waals surface area contributed by atoms with Crippen LogP contribution in [-0.4, -0.2) is 37.5 Å². The Morgan fingerprint density at radius 3 is 2.35 bits per heavy atom. The predicted molar refractivity (Wildman–Crippen MR) is 98.9 cm³/mol. The van der Waals surface area contributed by atoms with Crippen LogP contribution in [0.25, 0.3) is 0 Å². The summed E-state index contributed by atoms with van der Waals surface area (Å²) in [5.41, 5.74) is 6.87. The summed E-state index contributed by atoms with van der Waals surface area (Å²) in [5.74, 6) is 1.13. The molecule has 3 N–H and O–H groups in total. The van der Waals surface area contributed by atoms with Crippen LogP contribution >= 0.6 is 24.0 Å². The summed E-state index contributed by atoms with van der Waals surface area (Å²) in [6.45, 7) is 5.18. The van der Waals surface area contributed by atoms with Crippen LogP contribution in [0.4, 0.5) is 5.69 Å². The number of nitrogens with zero attached hydrogens (tertiary/aromatic N) is 2. The summed E-state index contributed by atoms with van der Waals surface area (Å²) in [7, 11) is 4.17. The summed E-state index contributed by atoms with van der Waals surface area (Å²) in [5, 5.41) is 3.10. The van der Waals surface area contributed by atoms with Gasteiger partial charge in [0.25, 0.3) is 0 Å². The molecule has 20 heavy (non-hydrogen) atoms. The van der Waals surface area contributed by atoms with Crippen molar-refractivity contribution in [3.63, 3.8) is 0 Å². The van der Waals surface area contributed by atoms with Gasteiger partial charge in [0.05, 0.1) is 6.54 Å². The van der Waals surface area contributed by atoms with Gasteiger partial charge in [-0.25, -0.2) is 0 Å². The second kappa shape index (κ2) is 9.99. The van der Waals surface area contributed by atoms with E-state index in [1.807, 2.05) is 30.3 Å². The molecule has 0 saturated carbocycles. The van der Waals surface area contributed by atoms with Gasteiger partial charge in [0.2, 0.25) is 0 Å². The number of likely N-dealkylation sites (N-methyl/N-ethyl adjacent to an activating group) is 1. The minimum atomic E-state index is 0. The van der Waals surface area contributed by atoms with Crippen molar-refractivity contribution in [3.8, 4) is 0 Å². The van der Waals surface area contributed by atoms with Crippen molar-refractivity contribution in [2.45, 2.75) is 26.3 Å². The third kappa shape index (κ3) is 7.69. The number of nitrogens with one attached hydrogen (secondary N) is 1. The van der Waals surface area contributed by atoms with E-state index in [0.717, 1.165) is 18.7 Å². The van der Waals surface area contributed by atoms with Gasteiger partial charge in [0.1, 0.15) is 0 Å². The molecule has 1 atom stereocenters. The molecule has 0 aliphatic heterocycles. The SMILES string of the molecule is CC(C)CC(CN=C(N)Nc1ccccc1)N(C)C.I. The van der Waals surface area contributed by atoms with Crippen LogP contribution in [0.1, 0.15) is 20.3 Å². The molecule has 0 heterocycles. The third-order valence-corrected chi connectivity index (χ3v) is 2.99. The van der Waals surface area contributed by atoms with E-state index < -0.39 is 0 Å². The average Bonchev–Trinajstić information content (AvgIpc) is 2.35. The molecule has 1 aromatic carbocycles. The quantitative estimate of drug-likeness (QED) is 0.446. The van der Waals surface area contributed by atoms with E-state index in [9.17, 15) is 0 Å². The van der Waals surface area contributed by atoms with Gasteiger partial charge in [-0.2, -0.15) is 0 Å². The second-order valence-corrected chi connectivity index (χ2v) is 5.46. The topological polar surface area (TPSA) is 53.6 Å². The maximum atomic E-state index is 5.91. The predicted octanol–water partition coefficient (Wildman–Crippen LogP) is 3.01. The zero-order valence-electron chi connectivity index (χ0n) is 12.8. The van der Waals surface area contributed by atoms with Crippen LogP contribution in [0.15, 0.2) is 35.3 Å². The van der Waals surface area contributed by atoms with Crippen LogP contribution in [-0.2, 0) is 0 Å². The van der Waals surface area contributed by atoms with Gasteiger partial charge < -0.3 is 16.0 Å². The van der Waals surface area contributed by atoms with E-state index >= 15 is 0 Å². The van der Waals surface area contributed by atoms with Crippen LogP contribution in [0, 0.1) is 5.92 Å². The zero-order chi connectivity index (χ0) is 14.3. The first-order chi connectivity index (χ1) is 8.99. The van der Waals surface area contributed by atoms with Crippen molar-refractivity contribution in [1.29, 1.82) is 0 Å². The van der Waals surface area contributed by atoms with Crippen LogP contribution in [0.2, 0.25) is 0 Å². The van der Waals surface area contributed by atoms with E-state index in [4.69, 9.17) is 5.73 Å². The molecule has 4 nitrogen and oxygen atoms in total. The van der Waals surface area contributed by atoms with Gasteiger partial charge in [-0.3, -0.25) is 4.99 Å². The minimum absolute atomic E-state index is 0. The number of halogens is 1. The number of nitrogens with two attached hydrogens (primary N) is 1. The van der Waals surface area contributed by atoms with Crippen molar-refractivity contribution in [2.24, 2.45) is 16.6 Å². The van der Waals surface area contributed by atoms with Crippen molar-refractivity contribution >= 4 is 35.6 Å². The van der Waals surface area contributed by atoms with E-state index in [1.54, 1.807) is 0 Å². The maximum Gasteiger partial charge on any atom is 0.193 e. The van der Waals surface area contributed by atoms with Crippen molar-refractivity contribution in [1.82, 2.24) is 4.90 Å². The Kier molecular flexibility index (Phi) is 9.58. The first-order valence-electron chi connectivity index (χ1n) is 6.77. The lowest BCUT2D eigenvalue weighted by Gasteiger charge is -2.24. The minimum Gasteiger partial charge on any atom is -0.370 e. The number of rotatable bonds is 6. The summed E-state index contributed by atoms with van der Waals surface area (Å²) in [6, 6.07) is 10.3. The number of hydrogen-bond acceptors (Lipinski definition) is 2. The Hall–Kier alpha value is -0.820. The fourth-order valence-electron chi connectivity index (χ4n) is 1.91. The number of guanidine groups is 1. The highest BCUT2D eigenvalue weighted by molar-refractivity contribution is 14.0. The smallest absolute Gasteiger partial charge is 0.193 e. The summed E-state index contributed by atoms with van der Waals surface area (Å²) in [4.78, 5) is 6.64. The number of hydrogen-bond donors (Lipinski definition) is 2. The molecule has 0 radical (unpaired) electrons. The molecule has 0 spiro atoms. The number of aliphatic imine (C=N–C) groups is 1. The average molecular weight is 390 g/mol. The largest absolute Gasteiger partial charge is 0.370 e. The highest BCUT2D eigenvalue weighted by Crippen LogP contribution is 2.09. The van der Waals surface area contributed by atoms with Gasteiger partial charge in [-0.05, 0) is 38.6 Å². The Balaban J connectivity index is 0.00000361. The molecular weight excluding hydrogens is 363 g/mol. The fraction of sp³-hybridized carbons (Fsp3) is 0.533. The summed E-state index contributed by atoms with van der Waals surface area (Å²) < 4.78 is 0. The molecule has 0 amide bonds. The highest BCUT2D eigenvalue weighted by Gasteiger charge is 2.12. The summed E-state index contributed by atoms with van der Waals surface area (Å²) >= 11 is 0. The molecule has 1 rings (SSSR count). The van der Waals surface area contributed by atoms with E-state index in [1.165, 1.54) is 0 Å². The number of anilines is 1. The van der Waals surface area contributed by atoms with Gasteiger partial charge >= 0.3 is 0 Å². The van der Waals surface area contributed by atoms with Gasteiger partial charge in [-0.15, -0.1) is 24.0 Å². The molecular formula is C15H27IN4. The molecule has 0 saturated heterocycles. The maximum absolute atomic E-state index is 5.91. The molecule has 0 aliphatic carbocycles. The lowest BCUT2D eigenvalue weighted by Crippen LogP contribution is -2.34. The Labute approximate surface area is 139 Å². The third-order valence-electron chi connectivity index (χ3n) is 2.99. The van der Waals surface area contributed by atoms with Crippen molar-refractivity contribution < 1.29 is 0 Å². The normalized spacial score (nSPS) is 13.2. The second-order valence-electron chi connectivity index (χ2n) is 5.46. The molecule has 5 heteroatoms. The lowest BCUT2D eigenvalue weighted by atomic mass is 10.0. The number of para-hydroxylation sites is 1. The summed E-state index contributed by atoms with van der Waals surface area (Å²) in [6.07, 6.45) is 1.12. The molecule has 0 aromatic heterocycles. The molecule has 114 valence electrons. The Morgan fingerprint density at radius 1 is 1.25 bits per heavy atom. The first kappa shape index (κ1) is 19.2. The monoisotopic (exact) mass is 390 g/mol. The Morgan fingerprint density at radius 2 is 1.85 bits per heavy atom. The molecule has 0 bridgehead atoms. The van der Waals surface area contributed by atoms with Crippen LogP contribution < -0.4 is 11.1 Å². The van der Waals surface area contributed by atoms with Crippen LogP contribution in [0.3, 0.4) is 0 Å². The van der Waals surface area contributed by atoms with Crippen LogP contribution in [0.5, 0.6) is 0 Å². The molecule has 1 aromatic rings. The molecule has 0 fully saturated rings. The van der Waals surface area contributed by atoms with E-state index in [-0.39, 0.29) is 24.0 Å². The lowest BCUT2D eigenvalue weighted by molar-refractivity contribution is 0.261. The van der Waals surface area contributed by atoms with E-state index in [0.29, 0.717) is 17.9 Å². The zero-order valence-corrected chi connectivity index (χ0v) is 15.2. The van der Waals surface area contributed by atoms with Crippen molar-refractivity contribution in [3.05, 3.63) is 30.3 Å². The van der Waals surface area contributed by atoms with Gasteiger partial charge in [0.15, 0.2) is 5.96 Å². The fourth-order valence-corrected chi connectivity index (χ4v) is 1.91. The Bertz CT molecular complexity index is 390. The van der Waals surface area contributed by atoms with Crippen molar-refractivity contribution in [2.75, 3.05) is 26.0 Å². The first-order valence-corrected chi connectivity index (χ1v) is 6.77. The highest BCUT2D eigenvalue weighted by atomic mass is 127. The van der Waals surface area contributed by atoms with Gasteiger partial charge in [-0.1, -0.05) is 32.0 Å². The standard InChI is InChI=1S/C15H26N4.HI/c1-12(2)10-14(19(3)4)11-17-15(16)18-13-8-6-5-7-9-13;/h5-9,12,14H,10-11H2,1-4H3,(H3,16,17,18);1H.